The summed E-state index contributed by atoms with van der Waals surface area (Å²) in [6.45, 7) is 2.25. The molecular formula is C20H19FN2O2. The van der Waals surface area contributed by atoms with Crippen molar-refractivity contribution in [3.05, 3.63) is 77.4 Å². The van der Waals surface area contributed by atoms with Crippen LogP contribution in [-0.2, 0) is 17.6 Å². The van der Waals surface area contributed by atoms with Crippen LogP contribution in [0.15, 0.2) is 59.0 Å². The van der Waals surface area contributed by atoms with Gasteiger partial charge in [-0.05, 0) is 43.2 Å². The lowest BCUT2D eigenvalue weighted by Crippen LogP contribution is -2.27. The first-order valence-electron chi connectivity index (χ1n) is 8.14. The molecule has 1 aromatic heterocycles. The van der Waals surface area contributed by atoms with Crippen molar-refractivity contribution in [2.75, 3.05) is 6.54 Å². The Kier molecular flexibility index (Phi) is 5.23. The van der Waals surface area contributed by atoms with Crippen molar-refractivity contribution < 1.29 is 13.6 Å². The lowest BCUT2D eigenvalue weighted by Gasteiger charge is -2.04. The molecule has 0 aliphatic heterocycles. The van der Waals surface area contributed by atoms with E-state index in [0.29, 0.717) is 30.3 Å². The summed E-state index contributed by atoms with van der Waals surface area (Å²) in [5, 5.41) is 2.83. The number of aryl methyl sites for hydroxylation is 1. The molecule has 0 unspecified atom stereocenters. The number of nitrogens with zero attached hydrogens (tertiary/aromatic N) is 1. The van der Waals surface area contributed by atoms with Crippen molar-refractivity contribution in [2.24, 2.45) is 0 Å². The second-order valence-electron chi connectivity index (χ2n) is 5.79. The van der Waals surface area contributed by atoms with E-state index in [2.05, 4.69) is 10.3 Å². The van der Waals surface area contributed by atoms with E-state index in [4.69, 9.17) is 4.42 Å². The standard InChI is InChI=1S/C20H19FN2O2/c1-14-18(23-20(25-14)16-7-3-2-4-8-16)13-19(24)22-11-10-15-6-5-9-17(21)12-15/h2-9,12H,10-11,13H2,1H3,(H,22,24). The van der Waals surface area contributed by atoms with Crippen molar-refractivity contribution >= 4 is 5.91 Å². The molecule has 0 aliphatic carbocycles. The van der Waals surface area contributed by atoms with Gasteiger partial charge in [0.25, 0.3) is 0 Å². The van der Waals surface area contributed by atoms with Gasteiger partial charge in [0.2, 0.25) is 11.8 Å². The number of carbonyl (C=O) groups is 1. The topological polar surface area (TPSA) is 55.1 Å². The summed E-state index contributed by atoms with van der Waals surface area (Å²) in [6, 6.07) is 15.9. The first-order valence-corrected chi connectivity index (χ1v) is 8.14. The third kappa shape index (κ3) is 4.53. The largest absolute Gasteiger partial charge is 0.441 e. The van der Waals surface area contributed by atoms with Crippen LogP contribution >= 0.6 is 0 Å². The minimum atomic E-state index is -0.268. The molecule has 1 N–H and O–H groups in total. The van der Waals surface area contributed by atoms with Crippen LogP contribution in [0.2, 0.25) is 0 Å². The Morgan fingerprint density at radius 2 is 1.96 bits per heavy atom. The first-order chi connectivity index (χ1) is 12.1. The van der Waals surface area contributed by atoms with Crippen molar-refractivity contribution in [1.29, 1.82) is 0 Å². The van der Waals surface area contributed by atoms with Gasteiger partial charge in [-0.25, -0.2) is 9.37 Å². The van der Waals surface area contributed by atoms with Crippen molar-refractivity contribution in [1.82, 2.24) is 10.3 Å². The average molecular weight is 338 g/mol. The lowest BCUT2D eigenvalue weighted by molar-refractivity contribution is -0.120. The van der Waals surface area contributed by atoms with E-state index >= 15 is 0 Å². The summed E-state index contributed by atoms with van der Waals surface area (Å²) in [4.78, 5) is 16.5. The molecule has 0 bridgehead atoms. The molecule has 2 aromatic carbocycles. The molecule has 0 saturated heterocycles. The van der Waals surface area contributed by atoms with Crippen LogP contribution in [0.5, 0.6) is 0 Å². The highest BCUT2D eigenvalue weighted by Crippen LogP contribution is 2.21. The summed E-state index contributed by atoms with van der Waals surface area (Å²) in [5.74, 6) is 0.752. The highest BCUT2D eigenvalue weighted by atomic mass is 19.1. The number of aromatic nitrogens is 1. The maximum Gasteiger partial charge on any atom is 0.226 e. The van der Waals surface area contributed by atoms with Crippen LogP contribution in [0.3, 0.4) is 0 Å². The van der Waals surface area contributed by atoms with Gasteiger partial charge in [0.15, 0.2) is 0 Å². The highest BCUT2D eigenvalue weighted by Gasteiger charge is 2.14. The molecule has 3 rings (SSSR count). The highest BCUT2D eigenvalue weighted by molar-refractivity contribution is 5.78. The van der Waals surface area contributed by atoms with Crippen LogP contribution in [-0.4, -0.2) is 17.4 Å². The van der Waals surface area contributed by atoms with Crippen LogP contribution < -0.4 is 5.32 Å². The fraction of sp³-hybridized carbons (Fsp3) is 0.200. The molecule has 0 spiro atoms. The molecule has 0 radical (unpaired) electrons. The number of benzene rings is 2. The van der Waals surface area contributed by atoms with Crippen LogP contribution in [0.25, 0.3) is 11.5 Å². The van der Waals surface area contributed by atoms with E-state index in [1.54, 1.807) is 13.0 Å². The van der Waals surface area contributed by atoms with Gasteiger partial charge in [0, 0.05) is 12.1 Å². The Morgan fingerprint density at radius 1 is 1.16 bits per heavy atom. The molecule has 5 heteroatoms. The molecule has 1 amide bonds. The van der Waals surface area contributed by atoms with E-state index in [9.17, 15) is 9.18 Å². The van der Waals surface area contributed by atoms with Gasteiger partial charge in [-0.15, -0.1) is 0 Å². The molecule has 4 nitrogen and oxygen atoms in total. The Labute approximate surface area is 145 Å². The van der Waals surface area contributed by atoms with Crippen LogP contribution in [0.4, 0.5) is 4.39 Å². The smallest absolute Gasteiger partial charge is 0.226 e. The van der Waals surface area contributed by atoms with Gasteiger partial charge in [-0.2, -0.15) is 0 Å². The van der Waals surface area contributed by atoms with Gasteiger partial charge in [0.1, 0.15) is 11.6 Å². The SMILES string of the molecule is Cc1oc(-c2ccccc2)nc1CC(=O)NCCc1cccc(F)c1. The Hall–Kier alpha value is -2.95. The number of nitrogens with one attached hydrogen (secondary N) is 1. The number of halogens is 1. The molecule has 0 atom stereocenters. The quantitative estimate of drug-likeness (QED) is 0.746. The minimum absolute atomic E-state index is 0.132. The van der Waals surface area contributed by atoms with Crippen LogP contribution in [0, 0.1) is 12.7 Å². The molecular weight excluding hydrogens is 319 g/mol. The summed E-state index contributed by atoms with van der Waals surface area (Å²) in [6.07, 6.45) is 0.738. The Bertz CT molecular complexity index is 859. The van der Waals surface area contributed by atoms with Gasteiger partial charge >= 0.3 is 0 Å². The second-order valence-corrected chi connectivity index (χ2v) is 5.79. The maximum absolute atomic E-state index is 13.1. The van der Waals surface area contributed by atoms with E-state index in [-0.39, 0.29) is 18.1 Å². The normalized spacial score (nSPS) is 10.6. The number of carbonyl (C=O) groups excluding carboxylic acids is 1. The lowest BCUT2D eigenvalue weighted by atomic mass is 10.1. The fourth-order valence-corrected chi connectivity index (χ4v) is 2.55. The van der Waals surface area contributed by atoms with Crippen molar-refractivity contribution in [3.8, 4) is 11.5 Å². The summed E-state index contributed by atoms with van der Waals surface area (Å²) in [7, 11) is 0. The summed E-state index contributed by atoms with van der Waals surface area (Å²) in [5.41, 5.74) is 2.36. The van der Waals surface area contributed by atoms with E-state index in [0.717, 1.165) is 11.1 Å². The number of rotatable bonds is 6. The second kappa shape index (κ2) is 7.75. The molecule has 0 saturated carbocycles. The summed E-state index contributed by atoms with van der Waals surface area (Å²) < 4.78 is 18.8. The zero-order chi connectivity index (χ0) is 17.6. The summed E-state index contributed by atoms with van der Waals surface area (Å²) >= 11 is 0. The first kappa shape index (κ1) is 16.9. The third-order valence-electron chi connectivity index (χ3n) is 3.87. The predicted octanol–water partition coefficient (Wildman–Crippen LogP) is 3.69. The maximum atomic E-state index is 13.1. The van der Waals surface area contributed by atoms with Crippen molar-refractivity contribution in [3.63, 3.8) is 0 Å². The molecule has 1 heterocycles. The number of hydrogen-bond donors (Lipinski definition) is 1. The molecule has 128 valence electrons. The van der Waals surface area contributed by atoms with Crippen molar-refractivity contribution in [2.45, 2.75) is 19.8 Å². The van der Waals surface area contributed by atoms with E-state index in [1.807, 2.05) is 36.4 Å². The Morgan fingerprint density at radius 3 is 2.72 bits per heavy atom. The monoisotopic (exact) mass is 338 g/mol. The molecule has 3 aromatic rings. The van der Waals surface area contributed by atoms with Gasteiger partial charge < -0.3 is 9.73 Å². The molecule has 0 aliphatic rings. The number of oxazole rings is 1. The minimum Gasteiger partial charge on any atom is -0.441 e. The van der Waals surface area contributed by atoms with Gasteiger partial charge in [-0.1, -0.05) is 30.3 Å². The van der Waals surface area contributed by atoms with Crippen LogP contribution in [0.1, 0.15) is 17.0 Å². The molecule has 25 heavy (non-hydrogen) atoms. The van der Waals surface area contributed by atoms with E-state index < -0.39 is 0 Å². The van der Waals surface area contributed by atoms with Gasteiger partial charge in [-0.3, -0.25) is 4.79 Å². The number of hydrogen-bond acceptors (Lipinski definition) is 3. The average Bonchev–Trinajstić information content (AvgIpc) is 2.96. The zero-order valence-corrected chi connectivity index (χ0v) is 14.0. The van der Waals surface area contributed by atoms with Gasteiger partial charge in [0.05, 0.1) is 12.1 Å². The third-order valence-corrected chi connectivity index (χ3v) is 3.87. The predicted molar refractivity (Wildman–Crippen MR) is 93.5 cm³/mol. The fourth-order valence-electron chi connectivity index (χ4n) is 2.55. The zero-order valence-electron chi connectivity index (χ0n) is 14.0. The number of amides is 1. The van der Waals surface area contributed by atoms with E-state index in [1.165, 1.54) is 12.1 Å². The Balaban J connectivity index is 1.55. The molecule has 0 fully saturated rings.